The van der Waals surface area contributed by atoms with E-state index in [0.29, 0.717) is 17.9 Å². The highest BCUT2D eigenvalue weighted by atomic mass is 79.9. The first-order valence-electron chi connectivity index (χ1n) is 6.54. The van der Waals surface area contributed by atoms with E-state index < -0.39 is 0 Å². The van der Waals surface area contributed by atoms with Gasteiger partial charge in [-0.15, -0.1) is 0 Å². The van der Waals surface area contributed by atoms with Crippen LogP contribution in [0.2, 0.25) is 0 Å². The minimum atomic E-state index is -0.344. The van der Waals surface area contributed by atoms with Crippen molar-refractivity contribution in [3.05, 3.63) is 74.6 Å². The molecule has 0 radical (unpaired) electrons. The Morgan fingerprint density at radius 2 is 1.95 bits per heavy atom. The van der Waals surface area contributed by atoms with Gasteiger partial charge in [-0.25, -0.2) is 4.79 Å². The second-order valence-electron chi connectivity index (χ2n) is 4.79. The highest BCUT2D eigenvalue weighted by Crippen LogP contribution is 2.24. The average molecular weight is 345 g/mol. The molecule has 0 bridgehead atoms. The third kappa shape index (κ3) is 3.00. The molecule has 4 heteroatoms. The zero-order valence-corrected chi connectivity index (χ0v) is 13.0. The van der Waals surface area contributed by atoms with E-state index >= 15 is 0 Å². The Hall–Kier alpha value is -2.07. The van der Waals surface area contributed by atoms with Crippen LogP contribution in [0.15, 0.2) is 62.2 Å². The van der Waals surface area contributed by atoms with Gasteiger partial charge in [0.15, 0.2) is 0 Å². The minimum Gasteiger partial charge on any atom is -0.489 e. The van der Waals surface area contributed by atoms with Crippen LogP contribution in [0.25, 0.3) is 11.0 Å². The predicted octanol–water partition coefficient (Wildman–Crippen LogP) is 4.44. The van der Waals surface area contributed by atoms with Gasteiger partial charge in [-0.3, -0.25) is 0 Å². The summed E-state index contributed by atoms with van der Waals surface area (Å²) in [6.45, 7) is 2.34. The Labute approximate surface area is 130 Å². The molecule has 3 rings (SSSR count). The van der Waals surface area contributed by atoms with Crippen molar-refractivity contribution < 1.29 is 9.15 Å². The van der Waals surface area contributed by atoms with Gasteiger partial charge in [0, 0.05) is 27.6 Å². The molecule has 0 amide bonds. The molecule has 2 aromatic carbocycles. The van der Waals surface area contributed by atoms with Crippen molar-refractivity contribution in [3.8, 4) is 5.75 Å². The Morgan fingerprint density at radius 1 is 1.14 bits per heavy atom. The Bertz CT molecular complexity index is 852. The maximum atomic E-state index is 11.4. The third-order valence-electron chi connectivity index (χ3n) is 3.28. The predicted molar refractivity (Wildman–Crippen MR) is 85.7 cm³/mol. The lowest BCUT2D eigenvalue weighted by molar-refractivity contribution is 0.305. The summed E-state index contributed by atoms with van der Waals surface area (Å²) in [7, 11) is 0. The van der Waals surface area contributed by atoms with E-state index in [0.717, 1.165) is 21.0 Å². The summed E-state index contributed by atoms with van der Waals surface area (Å²) in [6.07, 6.45) is 0. The van der Waals surface area contributed by atoms with Gasteiger partial charge in [-0.05, 0) is 30.7 Å². The average Bonchev–Trinajstić information content (AvgIpc) is 2.46. The Balaban J connectivity index is 1.88. The maximum Gasteiger partial charge on any atom is 0.336 e. The van der Waals surface area contributed by atoms with Crippen LogP contribution in [0.5, 0.6) is 5.75 Å². The number of halogens is 1. The van der Waals surface area contributed by atoms with E-state index in [-0.39, 0.29) is 5.63 Å². The molecule has 0 atom stereocenters. The van der Waals surface area contributed by atoms with Crippen LogP contribution >= 0.6 is 15.9 Å². The molecule has 0 aliphatic carbocycles. The molecule has 0 unspecified atom stereocenters. The molecule has 0 aliphatic heterocycles. The lowest BCUT2D eigenvalue weighted by Crippen LogP contribution is -1.99. The van der Waals surface area contributed by atoms with Gasteiger partial charge in [0.05, 0.1) is 0 Å². The molecular formula is C17H13BrO3. The van der Waals surface area contributed by atoms with E-state index in [1.807, 2.05) is 43.3 Å². The molecule has 0 saturated heterocycles. The van der Waals surface area contributed by atoms with Crippen molar-refractivity contribution >= 4 is 26.9 Å². The second kappa shape index (κ2) is 5.74. The first-order valence-corrected chi connectivity index (χ1v) is 7.33. The summed E-state index contributed by atoms with van der Waals surface area (Å²) in [5.41, 5.74) is 2.16. The summed E-state index contributed by atoms with van der Waals surface area (Å²) in [5, 5.41) is 0.919. The van der Waals surface area contributed by atoms with E-state index in [1.165, 1.54) is 6.07 Å². The molecule has 0 aliphatic rings. The van der Waals surface area contributed by atoms with Crippen molar-refractivity contribution in [1.82, 2.24) is 0 Å². The van der Waals surface area contributed by atoms with Gasteiger partial charge >= 0.3 is 5.63 Å². The summed E-state index contributed by atoms with van der Waals surface area (Å²) in [5.74, 6) is 0.673. The zero-order valence-electron chi connectivity index (χ0n) is 11.4. The molecule has 0 spiro atoms. The lowest BCUT2D eigenvalue weighted by atomic mass is 10.1. The number of hydrogen-bond acceptors (Lipinski definition) is 3. The van der Waals surface area contributed by atoms with Gasteiger partial charge in [0.1, 0.15) is 17.9 Å². The normalized spacial score (nSPS) is 10.8. The summed E-state index contributed by atoms with van der Waals surface area (Å²) >= 11 is 3.49. The van der Waals surface area contributed by atoms with E-state index in [1.54, 1.807) is 6.07 Å². The standard InChI is InChI=1S/C17H13BrO3/c1-11-8-17(19)21-16-9-13(6-7-14(11)16)20-10-12-4-2-3-5-15(12)18/h2-9H,10H2,1H3. The van der Waals surface area contributed by atoms with Gasteiger partial charge in [-0.2, -0.15) is 0 Å². The molecule has 1 aromatic heterocycles. The summed E-state index contributed by atoms with van der Waals surface area (Å²) in [6, 6.07) is 14.9. The minimum absolute atomic E-state index is 0.344. The summed E-state index contributed by atoms with van der Waals surface area (Å²) in [4.78, 5) is 11.4. The number of ether oxygens (including phenoxy) is 1. The zero-order chi connectivity index (χ0) is 14.8. The van der Waals surface area contributed by atoms with Crippen LogP contribution in [0.1, 0.15) is 11.1 Å². The Kier molecular flexibility index (Phi) is 3.80. The Morgan fingerprint density at radius 3 is 2.76 bits per heavy atom. The lowest BCUT2D eigenvalue weighted by Gasteiger charge is -2.09. The second-order valence-corrected chi connectivity index (χ2v) is 5.64. The topological polar surface area (TPSA) is 39.4 Å². The van der Waals surface area contributed by atoms with Gasteiger partial charge in [0.25, 0.3) is 0 Å². The van der Waals surface area contributed by atoms with Gasteiger partial charge in [0.2, 0.25) is 0 Å². The molecular weight excluding hydrogens is 332 g/mol. The van der Waals surface area contributed by atoms with E-state index in [9.17, 15) is 4.79 Å². The highest BCUT2D eigenvalue weighted by molar-refractivity contribution is 9.10. The fourth-order valence-electron chi connectivity index (χ4n) is 2.17. The van der Waals surface area contributed by atoms with Crippen LogP contribution in [-0.4, -0.2) is 0 Å². The summed E-state index contributed by atoms with van der Waals surface area (Å²) < 4.78 is 12.0. The molecule has 0 N–H and O–H groups in total. The third-order valence-corrected chi connectivity index (χ3v) is 4.05. The number of benzene rings is 2. The fraction of sp³-hybridized carbons (Fsp3) is 0.118. The van der Waals surface area contributed by atoms with Crippen LogP contribution in [0.3, 0.4) is 0 Å². The van der Waals surface area contributed by atoms with E-state index in [2.05, 4.69) is 15.9 Å². The first-order chi connectivity index (χ1) is 10.1. The van der Waals surface area contributed by atoms with Crippen molar-refractivity contribution in [2.24, 2.45) is 0 Å². The van der Waals surface area contributed by atoms with Gasteiger partial charge in [-0.1, -0.05) is 34.1 Å². The molecule has 106 valence electrons. The van der Waals surface area contributed by atoms with Crippen molar-refractivity contribution in [1.29, 1.82) is 0 Å². The van der Waals surface area contributed by atoms with Crippen molar-refractivity contribution in [2.45, 2.75) is 13.5 Å². The smallest absolute Gasteiger partial charge is 0.336 e. The number of fused-ring (bicyclic) bond motifs is 1. The first kappa shape index (κ1) is 13.9. The molecule has 0 saturated carbocycles. The van der Waals surface area contributed by atoms with Crippen molar-refractivity contribution in [2.75, 3.05) is 0 Å². The fourth-order valence-corrected chi connectivity index (χ4v) is 2.57. The molecule has 3 aromatic rings. The van der Waals surface area contributed by atoms with Crippen LogP contribution in [0.4, 0.5) is 0 Å². The molecule has 0 fully saturated rings. The highest BCUT2D eigenvalue weighted by Gasteiger charge is 2.05. The number of hydrogen-bond donors (Lipinski definition) is 0. The molecule has 3 nitrogen and oxygen atoms in total. The molecule has 21 heavy (non-hydrogen) atoms. The SMILES string of the molecule is Cc1cc(=O)oc2cc(OCc3ccccc3Br)ccc12. The monoisotopic (exact) mass is 344 g/mol. The van der Waals surface area contributed by atoms with Crippen LogP contribution in [0, 0.1) is 6.92 Å². The quantitative estimate of drug-likeness (QED) is 0.659. The maximum absolute atomic E-state index is 11.4. The van der Waals surface area contributed by atoms with Crippen LogP contribution in [-0.2, 0) is 6.61 Å². The largest absolute Gasteiger partial charge is 0.489 e. The van der Waals surface area contributed by atoms with Crippen LogP contribution < -0.4 is 10.4 Å². The van der Waals surface area contributed by atoms with Crippen molar-refractivity contribution in [3.63, 3.8) is 0 Å². The molecule has 1 heterocycles. The number of rotatable bonds is 3. The number of aryl methyl sites for hydroxylation is 1. The van der Waals surface area contributed by atoms with E-state index in [4.69, 9.17) is 9.15 Å². The van der Waals surface area contributed by atoms with Gasteiger partial charge < -0.3 is 9.15 Å².